The van der Waals surface area contributed by atoms with Gasteiger partial charge in [-0.1, -0.05) is 59.6 Å². The molecule has 2 aromatic carbocycles. The van der Waals surface area contributed by atoms with E-state index in [2.05, 4.69) is 33.4 Å². The van der Waals surface area contributed by atoms with Gasteiger partial charge in [0.25, 0.3) is 0 Å². The van der Waals surface area contributed by atoms with Crippen LogP contribution in [0.1, 0.15) is 79.3 Å². The third-order valence-corrected chi connectivity index (χ3v) is 12.0. The largest absolute Gasteiger partial charge is 0.481 e. The molecule has 4 aliphatic rings. The zero-order chi connectivity index (χ0) is 36.6. The van der Waals surface area contributed by atoms with Gasteiger partial charge >= 0.3 is 0 Å². The fourth-order valence-corrected chi connectivity index (χ4v) is 9.17. The summed E-state index contributed by atoms with van der Waals surface area (Å²) in [4.78, 5) is 33.2. The molecule has 0 unspecified atom stereocenters. The molecular weight excluding hydrogens is 711 g/mol. The number of aromatic nitrogens is 2. The molecule has 2 fully saturated rings. The third kappa shape index (κ3) is 7.10. The van der Waals surface area contributed by atoms with Gasteiger partial charge in [-0.25, -0.2) is 9.97 Å². The number of benzene rings is 2. The standard InChI is InChI=1S/C41H44Cl2N6O4/c1-52-40-36-22(9-13-30(36)44-18-17-24-11-15-34(50)46-24)19-32(48-40)28-7-3-5-26(38(28)42)27-6-4-8-29(39(27)43)33-20-23-10-14-31(37(23)41(49-33)53-2)45-21-25-12-16-35(51)47-25/h3-8,19-20,24-25,30-31,44-45H,9-18,21H2,1-2H3,(H,46,50)(H,47,51)/t24-,25-,30-,31-/m0/s1. The summed E-state index contributed by atoms with van der Waals surface area (Å²) in [5.74, 6) is 1.44. The van der Waals surface area contributed by atoms with Gasteiger partial charge in [-0.2, -0.15) is 0 Å². The van der Waals surface area contributed by atoms with E-state index in [4.69, 9.17) is 42.6 Å². The van der Waals surface area contributed by atoms with E-state index in [9.17, 15) is 9.59 Å². The zero-order valence-electron chi connectivity index (χ0n) is 30.0. The second kappa shape index (κ2) is 15.3. The van der Waals surface area contributed by atoms with Crippen LogP contribution >= 0.6 is 23.2 Å². The first kappa shape index (κ1) is 35.8. The Bertz CT molecular complexity index is 2070. The van der Waals surface area contributed by atoms with Crippen LogP contribution in [-0.2, 0) is 22.4 Å². The summed E-state index contributed by atoms with van der Waals surface area (Å²) in [5, 5.41) is 14.5. The van der Waals surface area contributed by atoms with Crippen LogP contribution in [0.5, 0.6) is 11.8 Å². The maximum atomic E-state index is 11.7. The van der Waals surface area contributed by atoms with Crippen LogP contribution < -0.4 is 30.7 Å². The molecule has 2 aliphatic heterocycles. The van der Waals surface area contributed by atoms with Crippen LogP contribution in [0.25, 0.3) is 33.6 Å². The number of aryl methyl sites for hydroxylation is 2. The van der Waals surface area contributed by atoms with Crippen LogP contribution in [0.4, 0.5) is 0 Å². The van der Waals surface area contributed by atoms with Crippen LogP contribution in [0.3, 0.4) is 0 Å². The molecule has 0 spiro atoms. The van der Waals surface area contributed by atoms with Crippen LogP contribution in [0.15, 0.2) is 48.5 Å². The molecule has 2 aliphatic carbocycles. The Kier molecular flexibility index (Phi) is 10.3. The Hall–Kier alpha value is -4.22. The molecule has 4 heterocycles. The van der Waals surface area contributed by atoms with Crippen LogP contribution in [-0.4, -0.2) is 61.2 Å². The summed E-state index contributed by atoms with van der Waals surface area (Å²) in [6.07, 6.45) is 7.50. The Balaban J connectivity index is 1.05. The van der Waals surface area contributed by atoms with E-state index in [0.717, 1.165) is 96.3 Å². The summed E-state index contributed by atoms with van der Waals surface area (Å²) in [6, 6.07) is 16.8. The molecule has 0 bridgehead atoms. The number of hydrogen-bond acceptors (Lipinski definition) is 8. The molecule has 53 heavy (non-hydrogen) atoms. The molecule has 4 atom stereocenters. The molecule has 2 amide bonds. The molecule has 2 saturated heterocycles. The number of amides is 2. The molecule has 4 N–H and O–H groups in total. The molecule has 4 aromatic rings. The van der Waals surface area contributed by atoms with Gasteiger partial charge in [0.05, 0.1) is 35.7 Å². The lowest BCUT2D eigenvalue weighted by Gasteiger charge is -2.20. The minimum atomic E-state index is 0.100. The fourth-order valence-electron chi connectivity index (χ4n) is 8.52. The highest BCUT2D eigenvalue weighted by Crippen LogP contribution is 2.46. The molecule has 10 nitrogen and oxygen atoms in total. The number of nitrogens with one attached hydrogen (secondary N) is 4. The van der Waals surface area contributed by atoms with E-state index < -0.39 is 0 Å². The summed E-state index contributed by atoms with van der Waals surface area (Å²) < 4.78 is 11.7. The summed E-state index contributed by atoms with van der Waals surface area (Å²) in [6.45, 7) is 1.52. The number of rotatable bonds is 12. The second-order valence-electron chi connectivity index (χ2n) is 14.5. The maximum Gasteiger partial charge on any atom is 0.220 e. The summed E-state index contributed by atoms with van der Waals surface area (Å²) in [5.41, 5.74) is 9.22. The van der Waals surface area contributed by atoms with Crippen molar-refractivity contribution in [1.82, 2.24) is 31.2 Å². The third-order valence-electron chi connectivity index (χ3n) is 11.2. The highest BCUT2D eigenvalue weighted by Gasteiger charge is 2.32. The van der Waals surface area contributed by atoms with Crippen molar-refractivity contribution in [1.29, 1.82) is 0 Å². The quantitative estimate of drug-likeness (QED) is 0.123. The van der Waals surface area contributed by atoms with E-state index in [0.29, 0.717) is 41.2 Å². The number of fused-ring (bicyclic) bond motifs is 2. The number of carbonyl (C=O) groups excluding carboxylic acids is 2. The highest BCUT2D eigenvalue weighted by atomic mass is 35.5. The number of nitrogens with zero attached hydrogens (tertiary/aromatic N) is 2. The highest BCUT2D eigenvalue weighted by molar-refractivity contribution is 6.39. The number of ether oxygens (including phenoxy) is 2. The molecule has 276 valence electrons. The topological polar surface area (TPSA) is 126 Å². The Labute approximate surface area is 319 Å². The van der Waals surface area contributed by atoms with Gasteiger partial charge in [0.1, 0.15) is 0 Å². The van der Waals surface area contributed by atoms with E-state index in [-0.39, 0.29) is 36.0 Å². The first-order chi connectivity index (χ1) is 25.8. The lowest BCUT2D eigenvalue weighted by molar-refractivity contribution is -0.120. The SMILES string of the molecule is COc1nc(-c2cccc(-c3cccc(-c4cc5c(c(OC)n4)[C@@H](NC[C@@H]4CCC(=O)N4)CC5)c3Cl)c2Cl)cc2c1[C@@H](NCC[C@@H]1CCC(=O)N1)CC2. The van der Waals surface area contributed by atoms with Crippen molar-refractivity contribution in [2.24, 2.45) is 0 Å². The lowest BCUT2D eigenvalue weighted by atomic mass is 9.97. The number of halogens is 2. The Morgan fingerprint density at radius 2 is 1.17 bits per heavy atom. The molecule has 8 rings (SSSR count). The van der Waals surface area contributed by atoms with E-state index >= 15 is 0 Å². The van der Waals surface area contributed by atoms with Crippen molar-refractivity contribution in [3.63, 3.8) is 0 Å². The molecule has 0 saturated carbocycles. The van der Waals surface area contributed by atoms with E-state index in [1.807, 2.05) is 36.4 Å². The van der Waals surface area contributed by atoms with Crippen molar-refractivity contribution in [2.45, 2.75) is 82.0 Å². The van der Waals surface area contributed by atoms with Gasteiger partial charge in [-0.05, 0) is 74.8 Å². The maximum absolute atomic E-state index is 11.7. The Morgan fingerprint density at radius 3 is 1.66 bits per heavy atom. The van der Waals surface area contributed by atoms with Crippen molar-refractivity contribution in [3.8, 4) is 45.4 Å². The first-order valence-electron chi connectivity index (χ1n) is 18.6. The van der Waals surface area contributed by atoms with Gasteiger partial charge in [0.15, 0.2) is 0 Å². The van der Waals surface area contributed by atoms with Crippen molar-refractivity contribution < 1.29 is 19.1 Å². The fraction of sp³-hybridized carbons (Fsp3) is 0.415. The lowest BCUT2D eigenvalue weighted by Crippen LogP contribution is -2.36. The Morgan fingerprint density at radius 1 is 0.679 bits per heavy atom. The molecule has 12 heteroatoms. The molecule has 0 radical (unpaired) electrons. The monoisotopic (exact) mass is 754 g/mol. The molecular formula is C41H44Cl2N6O4. The summed E-state index contributed by atoms with van der Waals surface area (Å²) in [7, 11) is 3.31. The second-order valence-corrected chi connectivity index (χ2v) is 15.2. The number of hydrogen-bond donors (Lipinski definition) is 4. The smallest absolute Gasteiger partial charge is 0.220 e. The number of methoxy groups -OCH3 is 2. The zero-order valence-corrected chi connectivity index (χ0v) is 31.5. The van der Waals surface area contributed by atoms with E-state index in [1.54, 1.807) is 14.2 Å². The normalized spacial score (nSPS) is 21.7. The number of carbonyl (C=O) groups is 2. The van der Waals surface area contributed by atoms with Gasteiger partial charge in [0.2, 0.25) is 23.6 Å². The van der Waals surface area contributed by atoms with Crippen LogP contribution in [0, 0.1) is 0 Å². The minimum absolute atomic E-state index is 0.100. The van der Waals surface area contributed by atoms with Gasteiger partial charge in [-0.15, -0.1) is 0 Å². The van der Waals surface area contributed by atoms with Gasteiger partial charge in [0, 0.05) is 76.9 Å². The minimum Gasteiger partial charge on any atom is -0.481 e. The van der Waals surface area contributed by atoms with Crippen LogP contribution in [0.2, 0.25) is 10.0 Å². The first-order valence-corrected chi connectivity index (χ1v) is 19.4. The van der Waals surface area contributed by atoms with Gasteiger partial charge < -0.3 is 30.7 Å². The average Bonchev–Trinajstić information content (AvgIpc) is 3.98. The van der Waals surface area contributed by atoms with Crippen molar-refractivity contribution in [2.75, 3.05) is 27.3 Å². The molecule has 2 aromatic heterocycles. The van der Waals surface area contributed by atoms with Crippen molar-refractivity contribution >= 4 is 35.0 Å². The predicted octanol–water partition coefficient (Wildman–Crippen LogP) is 6.90. The van der Waals surface area contributed by atoms with Crippen molar-refractivity contribution in [3.05, 3.63) is 80.8 Å². The summed E-state index contributed by atoms with van der Waals surface area (Å²) >= 11 is 14.5. The predicted molar refractivity (Wildman–Crippen MR) is 207 cm³/mol. The van der Waals surface area contributed by atoms with Gasteiger partial charge in [-0.3, -0.25) is 9.59 Å². The average molecular weight is 756 g/mol. The number of pyridine rings is 2. The van der Waals surface area contributed by atoms with E-state index in [1.165, 1.54) is 11.1 Å².